The van der Waals surface area contributed by atoms with Crippen molar-refractivity contribution in [3.05, 3.63) is 45.4 Å². The molecule has 9 nitrogen and oxygen atoms in total. The Labute approximate surface area is 232 Å². The number of aliphatic carboxylic acids is 1. The lowest BCUT2D eigenvalue weighted by Gasteiger charge is -2.36. The van der Waals surface area contributed by atoms with Gasteiger partial charge in [-0.25, -0.2) is 8.78 Å². The highest BCUT2D eigenvalue weighted by Crippen LogP contribution is 2.61. The number of carbonyl (C=O) groups is 3. The van der Waals surface area contributed by atoms with Crippen molar-refractivity contribution in [3.8, 4) is 5.88 Å². The van der Waals surface area contributed by atoms with Gasteiger partial charge in [0, 0.05) is 36.2 Å². The second-order valence-electron chi connectivity index (χ2n) is 9.78. The van der Waals surface area contributed by atoms with Gasteiger partial charge in [0.2, 0.25) is 11.8 Å². The summed E-state index contributed by atoms with van der Waals surface area (Å²) in [6.07, 6.45) is -5.84. The average molecular weight is 609 g/mol. The van der Waals surface area contributed by atoms with Crippen molar-refractivity contribution in [2.45, 2.75) is 30.1 Å². The van der Waals surface area contributed by atoms with Crippen molar-refractivity contribution in [3.63, 3.8) is 0 Å². The fraction of sp³-hybridized carbons (Fsp3) is 0.417. The third kappa shape index (κ3) is 4.06. The second-order valence-corrected chi connectivity index (χ2v) is 10.6. The maximum Gasteiger partial charge on any atom is 0.416 e. The van der Waals surface area contributed by atoms with Gasteiger partial charge in [0.1, 0.15) is 17.3 Å². The molecule has 40 heavy (non-hydrogen) atoms. The minimum absolute atomic E-state index is 0.0153. The van der Waals surface area contributed by atoms with Crippen LogP contribution in [-0.2, 0) is 26.1 Å². The largest absolute Gasteiger partial charge is 0.481 e. The molecule has 0 unspecified atom stereocenters. The number of aromatic nitrogens is 1. The van der Waals surface area contributed by atoms with Gasteiger partial charge in [0.05, 0.1) is 35.8 Å². The van der Waals surface area contributed by atoms with Crippen molar-refractivity contribution < 1.29 is 46.2 Å². The standard InChI is InChI=1S/C24H19Cl2F5N4O5/c1-34(14-3-9(24(29,30)31)4-15(32-14)40-2)19(36)16-13-7-22(27,28)8-35(13)23(17(16)20(37)38)11-5-10(25)6-12(26)18(11)33-21(23)39/h3-6,13,16-17H,7-8H2,1-2H3,(H,33,39)(H,37,38)/t13-,16+,17-,23+/m1/s1. The first-order chi connectivity index (χ1) is 18.5. The topological polar surface area (TPSA) is 112 Å². The number of anilines is 2. The Balaban J connectivity index is 1.69. The van der Waals surface area contributed by atoms with Crippen molar-refractivity contribution in [2.24, 2.45) is 11.8 Å². The summed E-state index contributed by atoms with van der Waals surface area (Å²) in [7, 11) is 2.09. The first kappa shape index (κ1) is 28.3. The van der Waals surface area contributed by atoms with Crippen LogP contribution in [0.4, 0.5) is 33.5 Å². The number of hydrogen-bond donors (Lipinski definition) is 2. The van der Waals surface area contributed by atoms with E-state index in [-0.39, 0.29) is 21.3 Å². The van der Waals surface area contributed by atoms with Crippen LogP contribution in [0.1, 0.15) is 17.5 Å². The molecule has 0 radical (unpaired) electrons. The molecule has 5 rings (SSSR count). The molecule has 2 N–H and O–H groups in total. The zero-order valence-electron chi connectivity index (χ0n) is 20.5. The number of rotatable bonds is 4. The van der Waals surface area contributed by atoms with Gasteiger partial charge < -0.3 is 15.2 Å². The van der Waals surface area contributed by atoms with Gasteiger partial charge in [-0.15, -0.1) is 0 Å². The number of methoxy groups -OCH3 is 1. The Bertz CT molecular complexity index is 1460. The molecular weight excluding hydrogens is 590 g/mol. The zero-order valence-corrected chi connectivity index (χ0v) is 22.0. The third-order valence-corrected chi connectivity index (χ3v) is 8.10. The van der Waals surface area contributed by atoms with Crippen molar-refractivity contribution >= 4 is 52.5 Å². The highest BCUT2D eigenvalue weighted by molar-refractivity contribution is 6.38. The van der Waals surface area contributed by atoms with Crippen LogP contribution in [0, 0.1) is 11.8 Å². The normalized spacial score (nSPS) is 26.9. The summed E-state index contributed by atoms with van der Waals surface area (Å²) in [6, 6.07) is 2.14. The smallest absolute Gasteiger partial charge is 0.416 e. The van der Waals surface area contributed by atoms with Gasteiger partial charge in [0.15, 0.2) is 0 Å². The molecule has 2 amide bonds. The number of amides is 2. The molecule has 3 aliphatic rings. The van der Waals surface area contributed by atoms with E-state index in [1.807, 2.05) is 0 Å². The Morgan fingerprint density at radius 3 is 2.50 bits per heavy atom. The second kappa shape index (κ2) is 9.14. The summed E-state index contributed by atoms with van der Waals surface area (Å²) >= 11 is 12.4. The molecule has 4 atom stereocenters. The number of halogens is 7. The number of carboxylic acids is 1. The lowest BCUT2D eigenvalue weighted by Crippen LogP contribution is -2.54. The molecule has 1 aromatic heterocycles. The summed E-state index contributed by atoms with van der Waals surface area (Å²) in [5, 5.41) is 12.8. The molecule has 16 heteroatoms. The van der Waals surface area contributed by atoms with E-state index in [1.54, 1.807) is 0 Å². The fourth-order valence-corrected chi connectivity index (χ4v) is 6.59. The third-order valence-electron chi connectivity index (χ3n) is 7.59. The van der Waals surface area contributed by atoms with E-state index in [1.165, 1.54) is 12.1 Å². The molecule has 214 valence electrons. The van der Waals surface area contributed by atoms with Crippen molar-refractivity contribution in [2.75, 3.05) is 30.9 Å². The number of nitrogens with zero attached hydrogens (tertiary/aromatic N) is 3. The Morgan fingerprint density at radius 2 is 1.90 bits per heavy atom. The number of carboxylic acid groups (broad SMARTS) is 1. The average Bonchev–Trinajstić information content (AvgIpc) is 3.43. The quantitative estimate of drug-likeness (QED) is 0.499. The predicted octanol–water partition coefficient (Wildman–Crippen LogP) is 4.27. The Morgan fingerprint density at radius 1 is 1.23 bits per heavy atom. The van der Waals surface area contributed by atoms with Crippen LogP contribution in [0.5, 0.6) is 5.88 Å². The molecule has 2 aromatic rings. The molecule has 0 bridgehead atoms. The van der Waals surface area contributed by atoms with Gasteiger partial charge in [-0.3, -0.25) is 24.2 Å². The number of pyridine rings is 1. The molecule has 1 spiro atoms. The fourth-order valence-electron chi connectivity index (χ4n) is 6.05. The summed E-state index contributed by atoms with van der Waals surface area (Å²) < 4.78 is 75.1. The summed E-state index contributed by atoms with van der Waals surface area (Å²) in [6.45, 7) is -1.07. The van der Waals surface area contributed by atoms with Gasteiger partial charge in [-0.05, 0) is 18.2 Å². The molecule has 4 heterocycles. The summed E-state index contributed by atoms with van der Waals surface area (Å²) in [5.41, 5.74) is -3.67. The van der Waals surface area contributed by atoms with Gasteiger partial charge >= 0.3 is 12.1 Å². The lowest BCUT2D eigenvalue weighted by atomic mass is 9.73. The van der Waals surface area contributed by atoms with Crippen LogP contribution < -0.4 is 15.0 Å². The lowest BCUT2D eigenvalue weighted by molar-refractivity contribution is -0.153. The van der Waals surface area contributed by atoms with E-state index in [0.29, 0.717) is 17.0 Å². The van der Waals surface area contributed by atoms with Crippen molar-refractivity contribution in [1.29, 1.82) is 0 Å². The number of alkyl halides is 5. The molecule has 2 fully saturated rings. The maximum atomic E-state index is 14.9. The Kier molecular flexibility index (Phi) is 6.47. The number of benzene rings is 1. The van der Waals surface area contributed by atoms with E-state index >= 15 is 0 Å². The number of fused-ring (bicyclic) bond motifs is 4. The van der Waals surface area contributed by atoms with Crippen LogP contribution in [0.25, 0.3) is 0 Å². The van der Waals surface area contributed by atoms with Gasteiger partial charge in [0.25, 0.3) is 11.8 Å². The molecular formula is C24H19Cl2F5N4O5. The zero-order chi connectivity index (χ0) is 29.5. The molecule has 3 aliphatic heterocycles. The van der Waals surface area contributed by atoms with Crippen molar-refractivity contribution in [1.82, 2.24) is 9.88 Å². The van der Waals surface area contributed by atoms with E-state index in [2.05, 4.69) is 10.3 Å². The predicted molar refractivity (Wildman–Crippen MR) is 131 cm³/mol. The van der Waals surface area contributed by atoms with Gasteiger partial charge in [-0.1, -0.05) is 23.2 Å². The van der Waals surface area contributed by atoms with E-state index in [9.17, 15) is 41.4 Å². The number of hydrogen-bond acceptors (Lipinski definition) is 6. The highest BCUT2D eigenvalue weighted by Gasteiger charge is 2.74. The van der Waals surface area contributed by atoms with E-state index < -0.39 is 83.5 Å². The molecule has 2 saturated heterocycles. The number of carbonyl (C=O) groups excluding carboxylic acids is 2. The molecule has 0 saturated carbocycles. The first-order valence-corrected chi connectivity index (χ1v) is 12.4. The summed E-state index contributed by atoms with van der Waals surface area (Å²) in [4.78, 5) is 45.8. The highest BCUT2D eigenvalue weighted by atomic mass is 35.5. The number of ether oxygens (including phenoxy) is 1. The van der Waals surface area contributed by atoms with E-state index in [4.69, 9.17) is 27.9 Å². The summed E-state index contributed by atoms with van der Waals surface area (Å²) in [5.74, 6) is -12.1. The van der Waals surface area contributed by atoms with Crippen LogP contribution in [0.15, 0.2) is 24.3 Å². The molecule has 1 aromatic carbocycles. The molecule has 0 aliphatic carbocycles. The van der Waals surface area contributed by atoms with Crippen LogP contribution in [0.3, 0.4) is 0 Å². The SMILES string of the molecule is COc1cc(C(F)(F)F)cc(N(C)C(=O)[C@H]2[C@H]3CC(F)(F)CN3[C@]3(C(=O)Nc4c(Cl)cc(Cl)cc43)[C@H]2C(=O)O)n1. The van der Waals surface area contributed by atoms with Gasteiger partial charge in [-0.2, -0.15) is 18.2 Å². The monoisotopic (exact) mass is 608 g/mol. The van der Waals surface area contributed by atoms with Crippen LogP contribution >= 0.6 is 23.2 Å². The number of nitrogens with one attached hydrogen (secondary N) is 1. The first-order valence-electron chi connectivity index (χ1n) is 11.6. The van der Waals surface area contributed by atoms with Crippen LogP contribution in [-0.4, -0.2) is 65.4 Å². The minimum Gasteiger partial charge on any atom is -0.481 e. The Hall–Kier alpha value is -3.23. The maximum absolute atomic E-state index is 14.9. The van der Waals surface area contributed by atoms with E-state index in [0.717, 1.165) is 19.1 Å². The van der Waals surface area contributed by atoms with Crippen LogP contribution in [0.2, 0.25) is 10.0 Å². The minimum atomic E-state index is -4.86.